The molecule has 20 heavy (non-hydrogen) atoms. The molecular formula is C15H14ClNO2S. The maximum absolute atomic E-state index is 11.3. The first kappa shape index (κ1) is 13.6. The van der Waals surface area contributed by atoms with Gasteiger partial charge in [-0.1, -0.05) is 30.2 Å². The summed E-state index contributed by atoms with van der Waals surface area (Å²) in [5.41, 5.74) is 1.84. The van der Waals surface area contributed by atoms with Crippen molar-refractivity contribution in [3.63, 3.8) is 0 Å². The van der Waals surface area contributed by atoms with Gasteiger partial charge in [-0.2, -0.15) is 0 Å². The van der Waals surface area contributed by atoms with E-state index in [1.165, 1.54) is 17.8 Å². The van der Waals surface area contributed by atoms with Crippen molar-refractivity contribution in [1.29, 1.82) is 0 Å². The molecule has 1 N–H and O–H groups in total. The van der Waals surface area contributed by atoms with Crippen molar-refractivity contribution in [3.05, 3.63) is 50.4 Å². The van der Waals surface area contributed by atoms with E-state index in [1.54, 1.807) is 0 Å². The minimum atomic E-state index is -0.859. The van der Waals surface area contributed by atoms with Gasteiger partial charge < -0.3 is 5.11 Å². The van der Waals surface area contributed by atoms with Crippen molar-refractivity contribution < 1.29 is 9.90 Å². The molecule has 1 saturated carbocycles. The van der Waals surface area contributed by atoms with Gasteiger partial charge in [0, 0.05) is 17.4 Å². The van der Waals surface area contributed by atoms with E-state index in [0.29, 0.717) is 22.2 Å². The molecule has 1 heterocycles. The second-order valence-corrected chi connectivity index (χ2v) is 6.58. The maximum Gasteiger partial charge on any atom is 0.347 e. The number of aromatic carboxylic acids is 1. The molecule has 104 valence electrons. The fourth-order valence-electron chi connectivity index (χ4n) is 2.39. The number of carboxylic acid groups (broad SMARTS) is 1. The topological polar surface area (TPSA) is 50.2 Å². The summed E-state index contributed by atoms with van der Waals surface area (Å²) in [7, 11) is 0. The highest BCUT2D eigenvalue weighted by Crippen LogP contribution is 2.39. The van der Waals surface area contributed by atoms with E-state index in [4.69, 9.17) is 11.6 Å². The molecule has 1 aromatic heterocycles. The van der Waals surface area contributed by atoms with E-state index in [9.17, 15) is 9.90 Å². The summed E-state index contributed by atoms with van der Waals surface area (Å²) in [4.78, 5) is 16.3. The van der Waals surface area contributed by atoms with Crippen molar-refractivity contribution in [2.75, 3.05) is 0 Å². The summed E-state index contributed by atoms with van der Waals surface area (Å²) in [6.45, 7) is 0. The van der Waals surface area contributed by atoms with Gasteiger partial charge in [0.2, 0.25) is 0 Å². The van der Waals surface area contributed by atoms with E-state index in [2.05, 4.69) is 4.98 Å². The zero-order valence-corrected chi connectivity index (χ0v) is 12.4. The first-order valence-electron chi connectivity index (χ1n) is 6.61. The number of hydrogen-bond donors (Lipinski definition) is 1. The Labute approximate surface area is 126 Å². The predicted octanol–water partition coefficient (Wildman–Crippen LogP) is 4.35. The van der Waals surface area contributed by atoms with Crippen LogP contribution in [0.2, 0.25) is 5.02 Å². The lowest BCUT2D eigenvalue weighted by molar-refractivity contribution is 0.0699. The monoisotopic (exact) mass is 307 g/mol. The number of thiazole rings is 1. The highest BCUT2D eigenvalue weighted by Gasteiger charge is 2.28. The van der Waals surface area contributed by atoms with Crippen molar-refractivity contribution in [2.45, 2.75) is 31.6 Å². The average Bonchev–Trinajstić information content (AvgIpc) is 2.70. The molecule has 0 spiro atoms. The third-order valence-electron chi connectivity index (χ3n) is 3.63. The highest BCUT2D eigenvalue weighted by atomic mass is 35.5. The van der Waals surface area contributed by atoms with Gasteiger partial charge in [0.15, 0.2) is 0 Å². The molecule has 0 radical (unpaired) electrons. The van der Waals surface area contributed by atoms with Crippen molar-refractivity contribution in [2.24, 2.45) is 0 Å². The SMILES string of the molecule is O=C(O)c1sc(Cc2cccc(Cl)c2)nc1C1CCC1. The van der Waals surface area contributed by atoms with Crippen LogP contribution < -0.4 is 0 Å². The van der Waals surface area contributed by atoms with Crippen molar-refractivity contribution in [3.8, 4) is 0 Å². The van der Waals surface area contributed by atoms with E-state index in [-0.39, 0.29) is 0 Å². The van der Waals surface area contributed by atoms with Crippen LogP contribution in [0.1, 0.15) is 51.1 Å². The summed E-state index contributed by atoms with van der Waals surface area (Å²) >= 11 is 7.26. The molecular weight excluding hydrogens is 294 g/mol. The Morgan fingerprint density at radius 1 is 1.45 bits per heavy atom. The summed E-state index contributed by atoms with van der Waals surface area (Å²) in [5, 5.41) is 10.9. The number of nitrogens with zero attached hydrogens (tertiary/aromatic N) is 1. The number of halogens is 1. The normalized spacial score (nSPS) is 15.1. The number of carboxylic acids is 1. The molecule has 0 bridgehead atoms. The largest absolute Gasteiger partial charge is 0.477 e. The zero-order valence-electron chi connectivity index (χ0n) is 10.8. The number of benzene rings is 1. The summed E-state index contributed by atoms with van der Waals surface area (Å²) < 4.78 is 0. The maximum atomic E-state index is 11.3. The van der Waals surface area contributed by atoms with Crippen LogP contribution in [-0.2, 0) is 6.42 Å². The molecule has 1 aliphatic carbocycles. The minimum absolute atomic E-state index is 0.338. The average molecular weight is 308 g/mol. The quantitative estimate of drug-likeness (QED) is 0.913. The molecule has 5 heteroatoms. The zero-order chi connectivity index (χ0) is 14.1. The second kappa shape index (κ2) is 5.54. The van der Waals surface area contributed by atoms with E-state index in [1.807, 2.05) is 24.3 Å². The van der Waals surface area contributed by atoms with Crippen LogP contribution in [0.4, 0.5) is 0 Å². The number of hydrogen-bond acceptors (Lipinski definition) is 3. The lowest BCUT2D eigenvalue weighted by Crippen LogP contribution is -2.12. The van der Waals surface area contributed by atoms with Gasteiger partial charge in [-0.25, -0.2) is 9.78 Å². The third-order valence-corrected chi connectivity index (χ3v) is 4.92. The van der Waals surface area contributed by atoms with Gasteiger partial charge in [0.25, 0.3) is 0 Å². The van der Waals surface area contributed by atoms with E-state index >= 15 is 0 Å². The Balaban J connectivity index is 1.88. The van der Waals surface area contributed by atoms with Gasteiger partial charge >= 0.3 is 5.97 Å². The van der Waals surface area contributed by atoms with Gasteiger partial charge in [-0.15, -0.1) is 11.3 Å². The Hall–Kier alpha value is -1.39. The summed E-state index contributed by atoms with van der Waals surface area (Å²) in [6.07, 6.45) is 3.92. The molecule has 0 unspecified atom stereocenters. The number of rotatable bonds is 4. The predicted molar refractivity (Wildman–Crippen MR) is 79.9 cm³/mol. The fraction of sp³-hybridized carbons (Fsp3) is 0.333. The molecule has 1 fully saturated rings. The molecule has 3 nitrogen and oxygen atoms in total. The first-order chi connectivity index (χ1) is 9.63. The first-order valence-corrected chi connectivity index (χ1v) is 7.80. The number of aromatic nitrogens is 1. The molecule has 2 aromatic rings. The molecule has 0 amide bonds. The lowest BCUT2D eigenvalue weighted by Gasteiger charge is -2.23. The summed E-state index contributed by atoms with van der Waals surface area (Å²) in [5.74, 6) is -0.521. The Kier molecular flexibility index (Phi) is 3.76. The lowest BCUT2D eigenvalue weighted by atomic mass is 9.82. The van der Waals surface area contributed by atoms with Crippen LogP contribution in [-0.4, -0.2) is 16.1 Å². The third kappa shape index (κ3) is 2.72. The molecule has 3 rings (SSSR count). The van der Waals surface area contributed by atoms with E-state index in [0.717, 1.165) is 29.1 Å². The molecule has 0 atom stereocenters. The van der Waals surface area contributed by atoms with E-state index < -0.39 is 5.97 Å². The van der Waals surface area contributed by atoms with Crippen LogP contribution >= 0.6 is 22.9 Å². The summed E-state index contributed by atoms with van der Waals surface area (Å²) in [6, 6.07) is 7.61. The smallest absolute Gasteiger partial charge is 0.347 e. The van der Waals surface area contributed by atoms with Crippen LogP contribution in [0.25, 0.3) is 0 Å². The second-order valence-electron chi connectivity index (χ2n) is 5.06. The van der Waals surface area contributed by atoms with Crippen LogP contribution in [0, 0.1) is 0 Å². The van der Waals surface area contributed by atoms with Gasteiger partial charge in [-0.3, -0.25) is 0 Å². The van der Waals surface area contributed by atoms with Crippen molar-refractivity contribution >= 4 is 28.9 Å². The standard InChI is InChI=1S/C15H14ClNO2S/c16-11-6-1-3-9(7-11)8-12-17-13(10-4-2-5-10)14(20-12)15(18)19/h1,3,6-7,10H,2,4-5,8H2,(H,18,19). The Bertz CT molecular complexity index is 649. The molecule has 1 aromatic carbocycles. The fourth-order valence-corrected chi connectivity index (χ4v) is 3.62. The number of carbonyl (C=O) groups is 1. The molecule has 1 aliphatic rings. The van der Waals surface area contributed by atoms with Gasteiger partial charge in [0.05, 0.1) is 10.7 Å². The van der Waals surface area contributed by atoms with Gasteiger partial charge in [-0.05, 0) is 30.5 Å². The van der Waals surface area contributed by atoms with Crippen LogP contribution in [0.3, 0.4) is 0 Å². The molecule has 0 aliphatic heterocycles. The van der Waals surface area contributed by atoms with Crippen LogP contribution in [0.15, 0.2) is 24.3 Å². The van der Waals surface area contributed by atoms with Gasteiger partial charge in [0.1, 0.15) is 4.88 Å². The molecule has 0 saturated heterocycles. The van der Waals surface area contributed by atoms with Crippen LogP contribution in [0.5, 0.6) is 0 Å². The Morgan fingerprint density at radius 3 is 2.85 bits per heavy atom. The minimum Gasteiger partial charge on any atom is -0.477 e. The highest BCUT2D eigenvalue weighted by molar-refractivity contribution is 7.13. The van der Waals surface area contributed by atoms with Crippen molar-refractivity contribution in [1.82, 2.24) is 4.98 Å². The Morgan fingerprint density at radius 2 is 2.25 bits per heavy atom.